The molecule has 4 heteroatoms. The van der Waals surface area contributed by atoms with E-state index < -0.39 is 0 Å². The minimum absolute atomic E-state index is 0.810. The Balaban J connectivity index is 1.76. The van der Waals surface area contributed by atoms with Crippen LogP contribution in [0.2, 0.25) is 0 Å². The van der Waals surface area contributed by atoms with Gasteiger partial charge in [0.15, 0.2) is 0 Å². The summed E-state index contributed by atoms with van der Waals surface area (Å²) in [4.78, 5) is 1.47. The molecule has 0 N–H and O–H groups in total. The molecule has 1 saturated heterocycles. The molecule has 78 valence electrons. The Kier molecular flexibility index (Phi) is 4.35. The van der Waals surface area contributed by atoms with Gasteiger partial charge in [0.1, 0.15) is 0 Å². The predicted octanol–water partition coefficient (Wildman–Crippen LogP) is 3.92. The molecular formula is C10H13BrOS2. The fraction of sp³-hybridized carbons (Fsp3) is 0.600. The van der Waals surface area contributed by atoms with Crippen LogP contribution in [-0.4, -0.2) is 18.5 Å². The second-order valence-electron chi connectivity index (χ2n) is 3.35. The maximum absolute atomic E-state index is 5.34. The first-order valence-corrected chi connectivity index (χ1v) is 7.49. The fourth-order valence-corrected chi connectivity index (χ4v) is 4.19. The van der Waals surface area contributed by atoms with E-state index in [1.165, 1.54) is 22.2 Å². The van der Waals surface area contributed by atoms with E-state index in [2.05, 4.69) is 39.1 Å². The van der Waals surface area contributed by atoms with E-state index in [1.54, 1.807) is 0 Å². The topological polar surface area (TPSA) is 9.23 Å². The van der Waals surface area contributed by atoms with Crippen molar-refractivity contribution in [3.63, 3.8) is 0 Å². The molecule has 0 bridgehead atoms. The summed E-state index contributed by atoms with van der Waals surface area (Å²) in [5.41, 5.74) is 0. The van der Waals surface area contributed by atoms with Crippen LogP contribution in [0, 0.1) is 0 Å². The summed E-state index contributed by atoms with van der Waals surface area (Å²) in [6.45, 7) is 1.90. The summed E-state index contributed by atoms with van der Waals surface area (Å²) in [5.74, 6) is 1.15. The summed E-state index contributed by atoms with van der Waals surface area (Å²) in [6.07, 6.45) is 2.44. The van der Waals surface area contributed by atoms with Gasteiger partial charge in [0.2, 0.25) is 0 Å². The van der Waals surface area contributed by atoms with Gasteiger partial charge >= 0.3 is 0 Å². The third-order valence-electron chi connectivity index (χ3n) is 2.25. The Bertz CT molecular complexity index is 281. The lowest BCUT2D eigenvalue weighted by Gasteiger charge is -2.20. The molecule has 0 saturated carbocycles. The van der Waals surface area contributed by atoms with Crippen LogP contribution in [0.3, 0.4) is 0 Å². The van der Waals surface area contributed by atoms with Crippen molar-refractivity contribution < 1.29 is 4.74 Å². The summed E-state index contributed by atoms with van der Waals surface area (Å²) < 4.78 is 6.55. The van der Waals surface area contributed by atoms with Crippen molar-refractivity contribution >= 4 is 39.0 Å². The third kappa shape index (κ3) is 3.26. The van der Waals surface area contributed by atoms with E-state index in [-0.39, 0.29) is 0 Å². The second kappa shape index (κ2) is 5.54. The molecule has 0 atom stereocenters. The van der Waals surface area contributed by atoms with Gasteiger partial charge in [0.05, 0.1) is 0 Å². The van der Waals surface area contributed by atoms with Gasteiger partial charge in [-0.3, -0.25) is 0 Å². The number of hydrogen-bond acceptors (Lipinski definition) is 3. The first kappa shape index (κ1) is 11.0. The molecule has 0 radical (unpaired) electrons. The third-order valence-corrected chi connectivity index (χ3v) is 5.55. The molecule has 2 rings (SSSR count). The zero-order valence-electron chi connectivity index (χ0n) is 7.87. The Hall–Kier alpha value is 0.490. The van der Waals surface area contributed by atoms with Crippen LogP contribution in [0.15, 0.2) is 15.9 Å². The lowest BCUT2D eigenvalue weighted by molar-refractivity contribution is 0.1000. The van der Waals surface area contributed by atoms with Crippen molar-refractivity contribution in [1.82, 2.24) is 0 Å². The smallest absolute Gasteiger partial charge is 0.0476 e. The van der Waals surface area contributed by atoms with Crippen molar-refractivity contribution in [2.75, 3.05) is 13.2 Å². The van der Waals surface area contributed by atoms with Gasteiger partial charge in [0.25, 0.3) is 0 Å². The fourth-order valence-electron chi connectivity index (χ4n) is 1.47. The first-order valence-electron chi connectivity index (χ1n) is 4.77. The highest BCUT2D eigenvalue weighted by molar-refractivity contribution is 9.10. The molecule has 1 nitrogen and oxygen atoms in total. The Labute approximate surface area is 101 Å². The highest BCUT2D eigenvalue weighted by Gasteiger charge is 2.14. The van der Waals surface area contributed by atoms with Gasteiger partial charge in [-0.15, -0.1) is 11.3 Å². The SMILES string of the molecule is Brc1csc(CSC2CCOCC2)c1. The maximum atomic E-state index is 5.34. The molecule has 0 spiro atoms. The quantitative estimate of drug-likeness (QED) is 0.835. The van der Waals surface area contributed by atoms with Crippen LogP contribution in [0.1, 0.15) is 17.7 Å². The monoisotopic (exact) mass is 292 g/mol. The number of hydrogen-bond donors (Lipinski definition) is 0. The summed E-state index contributed by atoms with van der Waals surface area (Å²) in [7, 11) is 0. The summed E-state index contributed by atoms with van der Waals surface area (Å²) in [5, 5.41) is 2.96. The molecular weight excluding hydrogens is 280 g/mol. The number of thioether (sulfide) groups is 1. The van der Waals surface area contributed by atoms with Crippen molar-refractivity contribution in [2.24, 2.45) is 0 Å². The van der Waals surface area contributed by atoms with Crippen LogP contribution >= 0.6 is 39.0 Å². The molecule has 1 aromatic rings. The normalized spacial score (nSPS) is 18.6. The van der Waals surface area contributed by atoms with Crippen LogP contribution < -0.4 is 0 Å². The van der Waals surface area contributed by atoms with E-state index in [0.717, 1.165) is 24.2 Å². The number of halogens is 1. The number of rotatable bonds is 3. The zero-order valence-corrected chi connectivity index (χ0v) is 11.1. The molecule has 0 aliphatic carbocycles. The lowest BCUT2D eigenvalue weighted by atomic mass is 10.2. The van der Waals surface area contributed by atoms with Gasteiger partial charge in [-0.2, -0.15) is 11.8 Å². The van der Waals surface area contributed by atoms with Gasteiger partial charge in [-0.1, -0.05) is 0 Å². The van der Waals surface area contributed by atoms with Gasteiger partial charge in [-0.25, -0.2) is 0 Å². The van der Waals surface area contributed by atoms with Gasteiger partial charge in [-0.05, 0) is 34.8 Å². The van der Waals surface area contributed by atoms with E-state index >= 15 is 0 Å². The van der Waals surface area contributed by atoms with Gasteiger partial charge < -0.3 is 4.74 Å². The zero-order chi connectivity index (χ0) is 9.80. The Morgan fingerprint density at radius 3 is 2.93 bits per heavy atom. The van der Waals surface area contributed by atoms with Crippen LogP contribution in [-0.2, 0) is 10.5 Å². The molecule has 14 heavy (non-hydrogen) atoms. The molecule has 1 aromatic heterocycles. The molecule has 2 heterocycles. The second-order valence-corrected chi connectivity index (χ2v) is 6.55. The van der Waals surface area contributed by atoms with Crippen LogP contribution in [0.4, 0.5) is 0 Å². The van der Waals surface area contributed by atoms with Crippen LogP contribution in [0.5, 0.6) is 0 Å². The van der Waals surface area contributed by atoms with E-state index in [4.69, 9.17) is 4.74 Å². The van der Waals surface area contributed by atoms with Crippen molar-refractivity contribution in [3.8, 4) is 0 Å². The highest BCUT2D eigenvalue weighted by atomic mass is 79.9. The lowest BCUT2D eigenvalue weighted by Crippen LogP contribution is -2.17. The maximum Gasteiger partial charge on any atom is 0.0476 e. The number of ether oxygens (including phenoxy) is 1. The van der Waals surface area contributed by atoms with Crippen LogP contribution in [0.25, 0.3) is 0 Å². The predicted molar refractivity (Wildman–Crippen MR) is 67.2 cm³/mol. The highest BCUT2D eigenvalue weighted by Crippen LogP contribution is 2.29. The molecule has 0 unspecified atom stereocenters. The largest absolute Gasteiger partial charge is 0.381 e. The van der Waals surface area contributed by atoms with E-state index in [1.807, 2.05) is 11.3 Å². The average Bonchev–Trinajstić information content (AvgIpc) is 2.63. The Morgan fingerprint density at radius 1 is 1.50 bits per heavy atom. The summed E-state index contributed by atoms with van der Waals surface area (Å²) in [6, 6.07) is 2.22. The van der Waals surface area contributed by atoms with Crippen molar-refractivity contribution in [2.45, 2.75) is 23.8 Å². The summed E-state index contributed by atoms with van der Waals surface area (Å²) >= 11 is 7.39. The van der Waals surface area contributed by atoms with Crippen molar-refractivity contribution in [3.05, 3.63) is 20.8 Å². The standard InChI is InChI=1S/C10H13BrOS2/c11-8-5-10(13-6-8)7-14-9-1-3-12-4-2-9/h5-6,9H,1-4,7H2. The minimum Gasteiger partial charge on any atom is -0.381 e. The molecule has 0 aromatic carbocycles. The van der Waals surface area contributed by atoms with E-state index in [9.17, 15) is 0 Å². The molecule has 1 aliphatic rings. The van der Waals surface area contributed by atoms with Crippen molar-refractivity contribution in [1.29, 1.82) is 0 Å². The molecule has 1 fully saturated rings. The first-order chi connectivity index (χ1) is 6.84. The minimum atomic E-state index is 0.810. The van der Waals surface area contributed by atoms with Gasteiger partial charge in [0, 0.05) is 38.9 Å². The molecule has 1 aliphatic heterocycles. The van der Waals surface area contributed by atoms with E-state index in [0.29, 0.717) is 0 Å². The Morgan fingerprint density at radius 2 is 2.29 bits per heavy atom. The number of thiophene rings is 1. The average molecular weight is 293 g/mol. The molecule has 0 amide bonds.